The van der Waals surface area contributed by atoms with Crippen LogP contribution >= 0.6 is 51.7 Å². The number of halogens is 3. The highest BCUT2D eigenvalue weighted by Crippen LogP contribution is 2.36. The molecule has 0 atom stereocenters. The summed E-state index contributed by atoms with van der Waals surface area (Å²) in [7, 11) is 0. The molecular weight excluding hydrogens is 479 g/mol. The van der Waals surface area contributed by atoms with Crippen molar-refractivity contribution < 1.29 is 25.9 Å². The quantitative estimate of drug-likeness (QED) is 0.507. The molecule has 2 N–H and O–H groups in total. The normalized spacial score (nSPS) is 10.5. The van der Waals surface area contributed by atoms with Crippen molar-refractivity contribution in [2.24, 2.45) is 0 Å². The maximum absolute atomic E-state index is 11.1. The minimum absolute atomic E-state index is 0.000926. The summed E-state index contributed by atoms with van der Waals surface area (Å²) in [6.45, 7) is 0. The van der Waals surface area contributed by atoms with Crippen LogP contribution in [0, 0.1) is 3.57 Å². The zero-order chi connectivity index (χ0) is 13.3. The maximum atomic E-state index is 11.1. The Morgan fingerprint density at radius 2 is 1.65 bits per heavy atom. The van der Waals surface area contributed by atoms with Crippen LogP contribution in [0.2, 0.25) is 0 Å². The molecule has 0 spiro atoms. The van der Waals surface area contributed by atoms with E-state index in [-0.39, 0.29) is 8.95 Å². The third-order valence-electron chi connectivity index (χ3n) is 1.75. The molecule has 0 aliphatic heterocycles. The van der Waals surface area contributed by atoms with Crippen molar-refractivity contribution >= 4 is 63.6 Å². The fourth-order valence-electron chi connectivity index (χ4n) is 1.11. The number of carboxylic acid groups (broad SMARTS) is 2. The monoisotopic (exact) mass is 480 g/mol. The smallest absolute Gasteiger partial charge is 0.342 e. The zero-order valence-corrected chi connectivity index (χ0v) is 13.1. The first-order valence-electron chi connectivity index (χ1n) is 3.81. The first-order chi connectivity index (χ1) is 7.77. The molecule has 0 bridgehead atoms. The average molecular weight is 482 g/mol. The van der Waals surface area contributed by atoms with Gasteiger partial charge in [0.2, 0.25) is 0 Å². The fourth-order valence-corrected chi connectivity index (χ4v) is 4.19. The second-order valence-electron chi connectivity index (χ2n) is 2.74. The molecule has 0 aromatic heterocycles. The summed E-state index contributed by atoms with van der Waals surface area (Å²) in [6, 6.07) is 1.05. The van der Waals surface area contributed by atoms with Crippen molar-refractivity contribution in [3.05, 3.63) is 29.7 Å². The molecule has 0 aliphatic carbocycles. The van der Waals surface area contributed by atoms with Crippen LogP contribution in [0.25, 0.3) is 0 Å². The highest BCUT2D eigenvalue weighted by atomic mass is 127. The Labute approximate surface area is 118 Å². The van der Waals surface area contributed by atoms with Crippen molar-refractivity contribution in [3.63, 3.8) is 0 Å². The molecule has 0 saturated carbocycles. The summed E-state index contributed by atoms with van der Waals surface area (Å²) >= 11 is 1.61. The number of carboxylic acids is 2. The molecular formula is C8H3Br2IO6. The minimum Gasteiger partial charge on any atom is -0.478 e. The van der Waals surface area contributed by atoms with Gasteiger partial charge in [0.05, 0.1) is 11.1 Å². The van der Waals surface area contributed by atoms with E-state index in [1.807, 2.05) is 0 Å². The van der Waals surface area contributed by atoms with Gasteiger partial charge in [0.1, 0.15) is 3.57 Å². The van der Waals surface area contributed by atoms with Gasteiger partial charge in [0.15, 0.2) is 0 Å². The second-order valence-corrected chi connectivity index (χ2v) is 6.70. The van der Waals surface area contributed by atoms with Gasteiger partial charge in [-0.3, -0.25) is 0 Å². The fraction of sp³-hybridized carbons (Fsp3) is 0. The Kier molecular flexibility index (Phi) is 4.61. The molecule has 0 unspecified atom stereocenters. The van der Waals surface area contributed by atoms with Crippen LogP contribution in [0.3, 0.4) is 0 Å². The molecule has 0 aliphatic rings. The van der Waals surface area contributed by atoms with E-state index in [2.05, 4.69) is 31.9 Å². The lowest BCUT2D eigenvalue weighted by Gasteiger charge is -2.07. The van der Waals surface area contributed by atoms with Gasteiger partial charge in [0, 0.05) is 8.95 Å². The largest absolute Gasteiger partial charge is 0.478 e. The maximum Gasteiger partial charge on any atom is 0.342 e. The van der Waals surface area contributed by atoms with E-state index in [1.54, 1.807) is 0 Å². The molecule has 0 radical (unpaired) electrons. The summed E-state index contributed by atoms with van der Waals surface area (Å²) in [4.78, 5) is 21.9. The zero-order valence-electron chi connectivity index (χ0n) is 7.74. The summed E-state index contributed by atoms with van der Waals surface area (Å²) in [5.41, 5.74) is -1.11. The lowest BCUT2D eigenvalue weighted by molar-refractivity contribution is 0.0694. The minimum atomic E-state index is -4.26. The molecule has 9 heteroatoms. The lowest BCUT2D eigenvalue weighted by Crippen LogP contribution is -2.09. The van der Waals surface area contributed by atoms with E-state index in [4.69, 9.17) is 10.2 Å². The highest BCUT2D eigenvalue weighted by Gasteiger charge is 2.27. The van der Waals surface area contributed by atoms with Crippen LogP contribution in [0.15, 0.2) is 15.0 Å². The molecule has 1 aromatic carbocycles. The molecule has 92 valence electrons. The van der Waals surface area contributed by atoms with Gasteiger partial charge in [-0.25, -0.2) is 15.7 Å². The number of carbonyl (C=O) groups is 2. The van der Waals surface area contributed by atoms with Gasteiger partial charge in [-0.1, -0.05) is 0 Å². The number of rotatable bonds is 3. The second kappa shape index (κ2) is 5.40. The van der Waals surface area contributed by atoms with E-state index in [9.17, 15) is 15.7 Å². The van der Waals surface area contributed by atoms with Crippen molar-refractivity contribution in [1.82, 2.24) is 0 Å². The van der Waals surface area contributed by atoms with E-state index >= 15 is 0 Å². The SMILES string of the molecule is O=C(O)c1cc(Br)c(Br)c(C(=O)O)c1I(=O)=O. The molecule has 0 heterocycles. The predicted octanol–water partition coefficient (Wildman–Crippen LogP) is 2.98. The standard InChI is InChI=1S/C8H3Br2IO6/c9-3-1-2(7(12)13)6(11(16)17)4(5(3)10)8(14)15/h1H,(H,12,13)(H,14,15). The predicted molar refractivity (Wildman–Crippen MR) is 69.9 cm³/mol. The molecule has 1 rings (SSSR count). The van der Waals surface area contributed by atoms with Crippen molar-refractivity contribution in [2.45, 2.75) is 0 Å². The highest BCUT2D eigenvalue weighted by molar-refractivity contribution is 14.2. The Balaban J connectivity index is 3.90. The summed E-state index contributed by atoms with van der Waals surface area (Å²) in [5, 5.41) is 17.8. The van der Waals surface area contributed by atoms with Gasteiger partial charge in [-0.15, -0.1) is 0 Å². The lowest BCUT2D eigenvalue weighted by atomic mass is 10.1. The third-order valence-corrected chi connectivity index (χ3v) is 5.74. The molecule has 1 aromatic rings. The Bertz CT molecular complexity index is 584. The molecule has 0 fully saturated rings. The molecule has 6 nitrogen and oxygen atoms in total. The number of aromatic carboxylic acids is 2. The van der Waals surface area contributed by atoms with Crippen LogP contribution < -0.4 is 0 Å². The Morgan fingerprint density at radius 1 is 1.12 bits per heavy atom. The molecule has 0 amide bonds. The Morgan fingerprint density at radius 3 is 2.00 bits per heavy atom. The third kappa shape index (κ3) is 2.83. The topological polar surface area (TPSA) is 109 Å². The van der Waals surface area contributed by atoms with Crippen LogP contribution in [-0.4, -0.2) is 22.2 Å². The Hall–Kier alpha value is -0.550. The van der Waals surface area contributed by atoms with E-state index in [0.717, 1.165) is 6.07 Å². The number of benzene rings is 1. The van der Waals surface area contributed by atoms with Gasteiger partial charge in [-0.2, -0.15) is 0 Å². The van der Waals surface area contributed by atoms with Gasteiger partial charge in [-0.05, 0) is 37.9 Å². The van der Waals surface area contributed by atoms with Crippen LogP contribution in [0.1, 0.15) is 20.7 Å². The summed E-state index contributed by atoms with van der Waals surface area (Å²) in [6.07, 6.45) is 0. The van der Waals surface area contributed by atoms with Crippen molar-refractivity contribution in [3.8, 4) is 0 Å². The molecule has 0 saturated heterocycles. The van der Waals surface area contributed by atoms with E-state index in [0.29, 0.717) is 0 Å². The van der Waals surface area contributed by atoms with E-state index < -0.39 is 46.4 Å². The van der Waals surface area contributed by atoms with Crippen LogP contribution in [0.4, 0.5) is 0 Å². The number of hydrogen-bond donors (Lipinski definition) is 2. The van der Waals surface area contributed by atoms with Gasteiger partial charge >= 0.3 is 31.7 Å². The van der Waals surface area contributed by atoms with Crippen LogP contribution in [-0.2, 0) is 6.14 Å². The van der Waals surface area contributed by atoms with E-state index in [1.165, 1.54) is 0 Å². The van der Waals surface area contributed by atoms with Crippen molar-refractivity contribution in [1.29, 1.82) is 0 Å². The first-order valence-corrected chi connectivity index (χ1v) is 8.23. The van der Waals surface area contributed by atoms with Gasteiger partial charge in [0.25, 0.3) is 0 Å². The molecule has 17 heavy (non-hydrogen) atoms. The van der Waals surface area contributed by atoms with Crippen LogP contribution in [0.5, 0.6) is 0 Å². The number of hydrogen-bond acceptors (Lipinski definition) is 4. The first kappa shape index (κ1) is 14.5. The summed E-state index contributed by atoms with van der Waals surface area (Å²) in [5.74, 6) is -3.01. The summed E-state index contributed by atoms with van der Waals surface area (Å²) < 4.78 is 21.7. The van der Waals surface area contributed by atoms with Crippen molar-refractivity contribution in [2.75, 3.05) is 0 Å². The average Bonchev–Trinajstić information content (AvgIpc) is 2.19. The van der Waals surface area contributed by atoms with Gasteiger partial charge < -0.3 is 10.2 Å².